The molecule has 1 aliphatic rings. The second kappa shape index (κ2) is 9.47. The van der Waals surface area contributed by atoms with Gasteiger partial charge in [0.25, 0.3) is 0 Å². The van der Waals surface area contributed by atoms with Crippen LogP contribution in [0.4, 0.5) is 10.1 Å². The van der Waals surface area contributed by atoms with Crippen LogP contribution in [-0.2, 0) is 4.74 Å². The third-order valence-electron chi connectivity index (χ3n) is 3.23. The Balaban J connectivity index is 0.00000106. The van der Waals surface area contributed by atoms with Gasteiger partial charge in [0, 0.05) is 43.1 Å². The first kappa shape index (κ1) is 17.6. The lowest BCUT2D eigenvalue weighted by Crippen LogP contribution is -2.39. The molecular formula is C16H26FN3O. The molecule has 1 heterocycles. The van der Waals surface area contributed by atoms with Gasteiger partial charge in [0.05, 0.1) is 13.2 Å². The number of hydrogen-bond donors (Lipinski definition) is 2. The molecule has 2 rings (SSSR count). The maximum atomic E-state index is 13.2. The van der Waals surface area contributed by atoms with Gasteiger partial charge in [-0.05, 0) is 25.1 Å². The van der Waals surface area contributed by atoms with E-state index in [-0.39, 0.29) is 5.82 Å². The predicted octanol–water partition coefficient (Wildman–Crippen LogP) is 2.98. The van der Waals surface area contributed by atoms with Crippen molar-refractivity contribution in [3.05, 3.63) is 29.6 Å². The average molecular weight is 295 g/mol. The molecule has 1 aromatic carbocycles. The Bertz CT molecular complexity index is 445. The summed E-state index contributed by atoms with van der Waals surface area (Å²) in [6, 6.07) is 4.52. The Morgan fingerprint density at radius 2 is 2.00 bits per heavy atom. The van der Waals surface area contributed by atoms with Crippen LogP contribution in [0.2, 0.25) is 0 Å². The van der Waals surface area contributed by atoms with Crippen molar-refractivity contribution in [3.8, 4) is 0 Å². The van der Waals surface area contributed by atoms with Crippen molar-refractivity contribution in [2.24, 2.45) is 0 Å². The summed E-state index contributed by atoms with van der Waals surface area (Å²) >= 11 is 0. The topological polar surface area (TPSA) is 48.4 Å². The summed E-state index contributed by atoms with van der Waals surface area (Å²) in [6.45, 7) is 10.9. The summed E-state index contributed by atoms with van der Waals surface area (Å²) in [7, 11) is 0. The maximum absolute atomic E-state index is 13.2. The lowest BCUT2D eigenvalue weighted by Gasteiger charge is -2.26. The van der Waals surface area contributed by atoms with E-state index in [2.05, 4.69) is 10.2 Å². The van der Waals surface area contributed by atoms with E-state index >= 15 is 0 Å². The van der Waals surface area contributed by atoms with Gasteiger partial charge < -0.3 is 15.5 Å². The summed E-state index contributed by atoms with van der Waals surface area (Å²) in [5.41, 5.74) is 1.82. The third kappa shape index (κ3) is 5.81. The van der Waals surface area contributed by atoms with Crippen molar-refractivity contribution in [1.29, 1.82) is 5.41 Å². The minimum atomic E-state index is -0.305. The lowest BCUT2D eigenvalue weighted by molar-refractivity contribution is 0.0398. The molecule has 0 amide bonds. The predicted molar refractivity (Wildman–Crippen MR) is 86.0 cm³/mol. The molecule has 5 heteroatoms. The molecule has 0 aliphatic carbocycles. The molecular weight excluding hydrogens is 269 g/mol. The van der Waals surface area contributed by atoms with Gasteiger partial charge in [-0.15, -0.1) is 0 Å². The van der Waals surface area contributed by atoms with Crippen LogP contribution in [0.1, 0.15) is 26.3 Å². The molecule has 0 unspecified atom stereocenters. The molecule has 4 nitrogen and oxygen atoms in total. The van der Waals surface area contributed by atoms with Crippen LogP contribution in [-0.4, -0.2) is 50.0 Å². The Morgan fingerprint density at radius 3 is 2.62 bits per heavy atom. The zero-order chi connectivity index (χ0) is 15.7. The van der Waals surface area contributed by atoms with Gasteiger partial charge in [-0.3, -0.25) is 4.90 Å². The highest BCUT2D eigenvalue weighted by Gasteiger charge is 2.10. The molecule has 0 radical (unpaired) electrons. The highest BCUT2D eigenvalue weighted by molar-refractivity contribution is 6.01. The summed E-state index contributed by atoms with van der Waals surface area (Å²) in [6.07, 6.45) is 0. The van der Waals surface area contributed by atoms with Crippen molar-refractivity contribution in [2.75, 3.05) is 44.7 Å². The van der Waals surface area contributed by atoms with E-state index in [0.717, 1.165) is 45.1 Å². The quantitative estimate of drug-likeness (QED) is 0.821. The second-order valence-corrected chi connectivity index (χ2v) is 4.70. The first-order chi connectivity index (χ1) is 10.2. The summed E-state index contributed by atoms with van der Waals surface area (Å²) in [5, 5.41) is 10.9. The zero-order valence-corrected chi connectivity index (χ0v) is 13.2. The molecule has 0 atom stereocenters. The van der Waals surface area contributed by atoms with Gasteiger partial charge in [-0.1, -0.05) is 13.8 Å². The SMILES string of the molecule is CC.CC(=N)c1cc(F)ccc1NCCN1CCOCC1. The minimum absolute atomic E-state index is 0.305. The van der Waals surface area contributed by atoms with Crippen LogP contribution < -0.4 is 5.32 Å². The number of rotatable bonds is 5. The van der Waals surface area contributed by atoms with Gasteiger partial charge in [-0.2, -0.15) is 0 Å². The molecule has 0 saturated carbocycles. The fourth-order valence-electron chi connectivity index (χ4n) is 2.15. The van der Waals surface area contributed by atoms with Crippen LogP contribution in [0, 0.1) is 11.2 Å². The standard InChI is InChI=1S/C14H20FN3O.C2H6/c1-11(16)13-10-12(15)2-3-14(13)17-4-5-18-6-8-19-9-7-18;1-2/h2-3,10,16-17H,4-9H2,1H3;1-2H3. The third-order valence-corrected chi connectivity index (χ3v) is 3.23. The van der Waals surface area contributed by atoms with Gasteiger partial charge in [0.1, 0.15) is 5.82 Å². The Morgan fingerprint density at radius 1 is 1.33 bits per heavy atom. The number of hydrogen-bond acceptors (Lipinski definition) is 4. The molecule has 1 aromatic rings. The summed E-state index contributed by atoms with van der Waals surface area (Å²) < 4.78 is 18.5. The molecule has 0 spiro atoms. The molecule has 0 bridgehead atoms. The van der Waals surface area contributed by atoms with E-state index in [9.17, 15) is 4.39 Å². The summed E-state index contributed by atoms with van der Waals surface area (Å²) in [5.74, 6) is -0.305. The number of nitrogens with zero attached hydrogens (tertiary/aromatic N) is 1. The van der Waals surface area contributed by atoms with Gasteiger partial charge in [-0.25, -0.2) is 4.39 Å². The Kier molecular flexibility index (Phi) is 7.93. The number of benzene rings is 1. The van der Waals surface area contributed by atoms with Crippen molar-refractivity contribution >= 4 is 11.4 Å². The number of anilines is 1. The van der Waals surface area contributed by atoms with Crippen LogP contribution in [0.3, 0.4) is 0 Å². The van der Waals surface area contributed by atoms with Crippen molar-refractivity contribution in [3.63, 3.8) is 0 Å². The van der Waals surface area contributed by atoms with E-state index in [1.54, 1.807) is 13.0 Å². The average Bonchev–Trinajstić information content (AvgIpc) is 2.51. The fraction of sp³-hybridized carbons (Fsp3) is 0.562. The molecule has 118 valence electrons. The number of halogens is 1. The smallest absolute Gasteiger partial charge is 0.124 e. The first-order valence-electron chi connectivity index (χ1n) is 7.56. The minimum Gasteiger partial charge on any atom is -0.383 e. The lowest BCUT2D eigenvalue weighted by atomic mass is 10.1. The van der Waals surface area contributed by atoms with E-state index in [1.165, 1.54) is 12.1 Å². The molecule has 1 fully saturated rings. The van der Waals surface area contributed by atoms with Crippen LogP contribution >= 0.6 is 0 Å². The van der Waals surface area contributed by atoms with Gasteiger partial charge >= 0.3 is 0 Å². The molecule has 1 saturated heterocycles. The fourth-order valence-corrected chi connectivity index (χ4v) is 2.15. The molecule has 1 aliphatic heterocycles. The molecule has 0 aromatic heterocycles. The molecule has 2 N–H and O–H groups in total. The number of ether oxygens (including phenoxy) is 1. The van der Waals surface area contributed by atoms with E-state index < -0.39 is 0 Å². The second-order valence-electron chi connectivity index (χ2n) is 4.70. The number of nitrogens with one attached hydrogen (secondary N) is 2. The van der Waals surface area contributed by atoms with Crippen molar-refractivity contribution in [2.45, 2.75) is 20.8 Å². The van der Waals surface area contributed by atoms with E-state index in [1.807, 2.05) is 13.8 Å². The Labute approximate surface area is 126 Å². The zero-order valence-electron chi connectivity index (χ0n) is 13.2. The van der Waals surface area contributed by atoms with Gasteiger partial charge in [0.2, 0.25) is 0 Å². The highest BCUT2D eigenvalue weighted by atomic mass is 19.1. The highest BCUT2D eigenvalue weighted by Crippen LogP contribution is 2.17. The maximum Gasteiger partial charge on any atom is 0.124 e. The monoisotopic (exact) mass is 295 g/mol. The van der Waals surface area contributed by atoms with Crippen LogP contribution in [0.15, 0.2) is 18.2 Å². The molecule has 21 heavy (non-hydrogen) atoms. The van der Waals surface area contributed by atoms with Gasteiger partial charge in [0.15, 0.2) is 0 Å². The largest absolute Gasteiger partial charge is 0.383 e. The normalized spacial score (nSPS) is 15.0. The van der Waals surface area contributed by atoms with E-state index in [4.69, 9.17) is 10.1 Å². The van der Waals surface area contributed by atoms with Crippen molar-refractivity contribution in [1.82, 2.24) is 4.90 Å². The summed E-state index contributed by atoms with van der Waals surface area (Å²) in [4.78, 5) is 2.33. The van der Waals surface area contributed by atoms with E-state index in [0.29, 0.717) is 11.3 Å². The Hall–Kier alpha value is -1.46. The number of morpholine rings is 1. The van der Waals surface area contributed by atoms with Crippen LogP contribution in [0.25, 0.3) is 0 Å². The van der Waals surface area contributed by atoms with Crippen molar-refractivity contribution < 1.29 is 9.13 Å². The first-order valence-corrected chi connectivity index (χ1v) is 7.56. The van der Waals surface area contributed by atoms with Crippen LogP contribution in [0.5, 0.6) is 0 Å².